The molecule has 2 saturated heterocycles. The number of piperidine rings is 1. The van der Waals surface area contributed by atoms with Crippen LogP contribution in [0.5, 0.6) is 0 Å². The summed E-state index contributed by atoms with van der Waals surface area (Å²) in [5.41, 5.74) is 2.84. The van der Waals surface area contributed by atoms with Crippen LogP contribution in [0, 0.1) is 5.92 Å². The Labute approximate surface area is 188 Å². The smallest absolute Gasteiger partial charge is 0.317 e. The first-order valence-corrected chi connectivity index (χ1v) is 11.3. The monoisotopic (exact) mass is 434 g/mol. The van der Waals surface area contributed by atoms with Crippen molar-refractivity contribution in [2.75, 3.05) is 25.0 Å². The molecule has 2 aliphatic rings. The lowest BCUT2D eigenvalue weighted by atomic mass is 9.97. The maximum absolute atomic E-state index is 12.7. The van der Waals surface area contributed by atoms with E-state index in [0.717, 1.165) is 42.6 Å². The van der Waals surface area contributed by atoms with Crippen molar-refractivity contribution in [3.8, 4) is 0 Å². The van der Waals surface area contributed by atoms with Crippen molar-refractivity contribution in [3.63, 3.8) is 0 Å². The molecular weight excluding hydrogens is 404 g/mol. The van der Waals surface area contributed by atoms with Crippen LogP contribution < -0.4 is 10.6 Å². The number of rotatable bonds is 6. The van der Waals surface area contributed by atoms with E-state index in [1.54, 1.807) is 4.90 Å². The quantitative estimate of drug-likeness (QED) is 0.731. The Balaban J connectivity index is 1.28. The highest BCUT2D eigenvalue weighted by molar-refractivity contribution is 5.93. The van der Waals surface area contributed by atoms with Crippen LogP contribution in [0.15, 0.2) is 54.6 Å². The molecule has 2 fully saturated rings. The normalized spacial score (nSPS) is 18.5. The predicted octanol–water partition coefficient (Wildman–Crippen LogP) is 3.37. The molecule has 4 amide bonds. The summed E-state index contributed by atoms with van der Waals surface area (Å²) in [5.74, 6) is -0.0476. The van der Waals surface area contributed by atoms with Crippen LogP contribution >= 0.6 is 0 Å². The summed E-state index contributed by atoms with van der Waals surface area (Å²) in [6.45, 7) is 2.91. The number of nitrogens with one attached hydrogen (secondary N) is 2. The molecule has 2 aromatic rings. The van der Waals surface area contributed by atoms with Crippen LogP contribution in [-0.2, 0) is 22.7 Å². The first kappa shape index (κ1) is 21.9. The Hall–Kier alpha value is -3.35. The summed E-state index contributed by atoms with van der Waals surface area (Å²) < 4.78 is 0. The lowest BCUT2D eigenvalue weighted by Crippen LogP contribution is -2.47. The Morgan fingerprint density at radius 3 is 2.56 bits per heavy atom. The second kappa shape index (κ2) is 10.3. The SMILES string of the molecule is O=C(Nc1ccccc1)C1CCCN(C(=O)NCc2cccc(CN3CCCC3=O)c2)C1. The minimum Gasteiger partial charge on any atom is -0.338 e. The molecule has 0 aromatic heterocycles. The van der Waals surface area contributed by atoms with E-state index in [-0.39, 0.29) is 23.8 Å². The van der Waals surface area contributed by atoms with E-state index < -0.39 is 0 Å². The van der Waals surface area contributed by atoms with Crippen molar-refractivity contribution >= 4 is 23.5 Å². The van der Waals surface area contributed by atoms with E-state index in [9.17, 15) is 14.4 Å². The van der Waals surface area contributed by atoms with Crippen molar-refractivity contribution in [1.82, 2.24) is 15.1 Å². The largest absolute Gasteiger partial charge is 0.338 e. The fourth-order valence-electron chi connectivity index (χ4n) is 4.36. The van der Waals surface area contributed by atoms with Crippen LogP contribution in [0.4, 0.5) is 10.5 Å². The number of likely N-dealkylation sites (tertiary alicyclic amines) is 2. The zero-order chi connectivity index (χ0) is 22.3. The fraction of sp³-hybridized carbons (Fsp3) is 0.400. The number of hydrogen-bond donors (Lipinski definition) is 2. The van der Waals surface area contributed by atoms with Gasteiger partial charge in [0.1, 0.15) is 0 Å². The van der Waals surface area contributed by atoms with Crippen molar-refractivity contribution in [2.24, 2.45) is 5.92 Å². The van der Waals surface area contributed by atoms with Crippen LogP contribution in [0.25, 0.3) is 0 Å². The van der Waals surface area contributed by atoms with Gasteiger partial charge in [-0.2, -0.15) is 0 Å². The number of benzene rings is 2. The van der Waals surface area contributed by atoms with Crippen LogP contribution in [0.2, 0.25) is 0 Å². The molecule has 0 saturated carbocycles. The van der Waals surface area contributed by atoms with E-state index >= 15 is 0 Å². The van der Waals surface area contributed by atoms with E-state index in [1.807, 2.05) is 59.5 Å². The van der Waals surface area contributed by atoms with Gasteiger partial charge in [0.05, 0.1) is 5.92 Å². The molecule has 168 valence electrons. The van der Waals surface area contributed by atoms with Crippen LogP contribution in [0.1, 0.15) is 36.8 Å². The van der Waals surface area contributed by atoms with Gasteiger partial charge in [-0.1, -0.05) is 42.5 Å². The van der Waals surface area contributed by atoms with Crippen LogP contribution in [0.3, 0.4) is 0 Å². The third kappa shape index (κ3) is 5.66. The lowest BCUT2D eigenvalue weighted by molar-refractivity contribution is -0.128. The van der Waals surface area contributed by atoms with Crippen molar-refractivity contribution < 1.29 is 14.4 Å². The van der Waals surface area contributed by atoms with Crippen molar-refractivity contribution in [3.05, 3.63) is 65.7 Å². The molecule has 2 N–H and O–H groups in total. The molecule has 0 radical (unpaired) electrons. The molecular formula is C25H30N4O3. The average Bonchev–Trinajstić information content (AvgIpc) is 3.22. The predicted molar refractivity (Wildman–Crippen MR) is 123 cm³/mol. The van der Waals surface area contributed by atoms with Gasteiger partial charge >= 0.3 is 6.03 Å². The van der Waals surface area contributed by atoms with E-state index in [1.165, 1.54) is 0 Å². The minimum atomic E-state index is -0.212. The summed E-state index contributed by atoms with van der Waals surface area (Å²) in [6.07, 6.45) is 3.14. The number of urea groups is 1. The Kier molecular flexibility index (Phi) is 7.04. The molecule has 0 bridgehead atoms. The summed E-state index contributed by atoms with van der Waals surface area (Å²) in [5, 5.41) is 5.92. The van der Waals surface area contributed by atoms with Gasteiger partial charge < -0.3 is 20.4 Å². The minimum absolute atomic E-state index is 0.0436. The number of carbonyl (C=O) groups excluding carboxylic acids is 3. The molecule has 32 heavy (non-hydrogen) atoms. The number of hydrogen-bond acceptors (Lipinski definition) is 3. The van der Waals surface area contributed by atoms with Crippen molar-refractivity contribution in [2.45, 2.75) is 38.8 Å². The highest BCUT2D eigenvalue weighted by Crippen LogP contribution is 2.19. The fourth-order valence-corrected chi connectivity index (χ4v) is 4.36. The second-order valence-electron chi connectivity index (χ2n) is 8.54. The lowest BCUT2D eigenvalue weighted by Gasteiger charge is -2.32. The van der Waals surface area contributed by atoms with Gasteiger partial charge in [-0.15, -0.1) is 0 Å². The third-order valence-corrected chi connectivity index (χ3v) is 6.10. The summed E-state index contributed by atoms with van der Waals surface area (Å²) in [6, 6.07) is 17.2. The van der Waals surface area contributed by atoms with Gasteiger partial charge in [-0.05, 0) is 42.5 Å². The van der Waals surface area contributed by atoms with Gasteiger partial charge in [0.2, 0.25) is 11.8 Å². The Bertz CT molecular complexity index is 963. The first-order chi connectivity index (χ1) is 15.6. The van der Waals surface area contributed by atoms with Gasteiger partial charge in [-0.25, -0.2) is 4.79 Å². The van der Waals surface area contributed by atoms with Crippen LogP contribution in [-0.4, -0.2) is 47.3 Å². The Morgan fingerprint density at radius 2 is 1.78 bits per heavy atom. The van der Waals surface area contributed by atoms with Gasteiger partial charge in [0.15, 0.2) is 0 Å². The topological polar surface area (TPSA) is 81.8 Å². The molecule has 1 atom stereocenters. The molecule has 2 aliphatic heterocycles. The number of nitrogens with zero attached hydrogens (tertiary/aromatic N) is 2. The van der Waals surface area contributed by atoms with Gasteiger partial charge in [-0.3, -0.25) is 9.59 Å². The summed E-state index contributed by atoms with van der Waals surface area (Å²) >= 11 is 0. The standard InChI is InChI=1S/C25H30N4O3/c30-23-12-6-13-28(23)17-20-8-4-7-19(15-20)16-26-25(32)29-14-5-9-21(18-29)24(31)27-22-10-2-1-3-11-22/h1-4,7-8,10-11,15,21H,5-6,9,12-14,16-18H2,(H,26,32)(H,27,31). The zero-order valence-electron chi connectivity index (χ0n) is 18.3. The van der Waals surface area contributed by atoms with E-state index in [0.29, 0.717) is 32.6 Å². The molecule has 0 aliphatic carbocycles. The molecule has 2 aromatic carbocycles. The summed E-state index contributed by atoms with van der Waals surface area (Å²) in [4.78, 5) is 40.8. The second-order valence-corrected chi connectivity index (χ2v) is 8.54. The summed E-state index contributed by atoms with van der Waals surface area (Å²) in [7, 11) is 0. The Morgan fingerprint density at radius 1 is 0.969 bits per heavy atom. The number of carbonyl (C=O) groups is 3. The first-order valence-electron chi connectivity index (χ1n) is 11.3. The van der Waals surface area contributed by atoms with Gasteiger partial charge in [0, 0.05) is 44.8 Å². The maximum Gasteiger partial charge on any atom is 0.317 e. The molecule has 4 rings (SSSR count). The molecule has 2 heterocycles. The highest BCUT2D eigenvalue weighted by Gasteiger charge is 2.28. The zero-order valence-corrected chi connectivity index (χ0v) is 18.3. The maximum atomic E-state index is 12.7. The molecule has 7 heteroatoms. The number of anilines is 1. The molecule has 7 nitrogen and oxygen atoms in total. The van der Waals surface area contributed by atoms with Crippen molar-refractivity contribution in [1.29, 1.82) is 0 Å². The average molecular weight is 435 g/mol. The highest BCUT2D eigenvalue weighted by atomic mass is 16.2. The van der Waals surface area contributed by atoms with E-state index in [2.05, 4.69) is 10.6 Å². The molecule has 0 spiro atoms. The van der Waals surface area contributed by atoms with Gasteiger partial charge in [0.25, 0.3) is 0 Å². The third-order valence-electron chi connectivity index (χ3n) is 6.10. The van der Waals surface area contributed by atoms with E-state index in [4.69, 9.17) is 0 Å². The molecule has 1 unspecified atom stereocenters. The number of amides is 4. The number of para-hydroxylation sites is 1.